The van der Waals surface area contributed by atoms with Gasteiger partial charge in [-0.1, -0.05) is 59.5 Å². The van der Waals surface area contributed by atoms with E-state index in [1.54, 1.807) is 0 Å². The summed E-state index contributed by atoms with van der Waals surface area (Å²) in [5.74, 6) is 2.89. The van der Waals surface area contributed by atoms with Gasteiger partial charge in [-0.25, -0.2) is 0 Å². The van der Waals surface area contributed by atoms with Gasteiger partial charge >= 0.3 is 0 Å². The van der Waals surface area contributed by atoms with Gasteiger partial charge in [0.1, 0.15) is 17.8 Å². The second kappa shape index (κ2) is 7.06. The van der Waals surface area contributed by atoms with Gasteiger partial charge in [-0.15, -0.1) is 0 Å². The standard InChI is InChI=1S/C27H44O3/c1-16(2)7-6-8-17(3)19-9-10-20-22-21(12-13-25(19,20)4)26(5)14-11-18(28)15-27(26)24(30-27)23(22)29/h16-20,23-24,28-29H,6-15H2,1-5H3/t17-,18+,19+,20+,23+,24+,25-,26-,27+/m1/s1. The zero-order chi connectivity index (χ0) is 21.5. The number of epoxide rings is 1. The smallest absolute Gasteiger partial charge is 0.118 e. The van der Waals surface area contributed by atoms with E-state index < -0.39 is 6.10 Å². The zero-order valence-electron chi connectivity index (χ0n) is 19.9. The van der Waals surface area contributed by atoms with Crippen LogP contribution < -0.4 is 0 Å². The molecule has 0 aromatic rings. The minimum atomic E-state index is -0.446. The number of aliphatic hydroxyl groups excluding tert-OH is 2. The highest BCUT2D eigenvalue weighted by molar-refractivity contribution is 5.45. The Bertz CT molecular complexity index is 728. The van der Waals surface area contributed by atoms with Crippen LogP contribution >= 0.6 is 0 Å². The molecular formula is C27H44O3. The van der Waals surface area contributed by atoms with Gasteiger partial charge in [0.05, 0.1) is 6.10 Å². The maximum Gasteiger partial charge on any atom is 0.118 e. The van der Waals surface area contributed by atoms with E-state index in [1.807, 2.05) is 0 Å². The summed E-state index contributed by atoms with van der Waals surface area (Å²) in [4.78, 5) is 0. The molecule has 5 rings (SSSR count). The lowest BCUT2D eigenvalue weighted by Gasteiger charge is -2.54. The second-order valence-electron chi connectivity index (χ2n) is 12.6. The molecule has 5 aliphatic rings. The molecule has 170 valence electrons. The van der Waals surface area contributed by atoms with Crippen LogP contribution in [0.15, 0.2) is 11.1 Å². The average molecular weight is 417 g/mol. The topological polar surface area (TPSA) is 53.0 Å². The van der Waals surface area contributed by atoms with Crippen LogP contribution in [0.4, 0.5) is 0 Å². The molecule has 3 heteroatoms. The van der Waals surface area contributed by atoms with Crippen molar-refractivity contribution in [3.8, 4) is 0 Å². The summed E-state index contributed by atoms with van der Waals surface area (Å²) in [5.41, 5.74) is 2.98. The fraction of sp³-hybridized carbons (Fsp3) is 0.926. The molecule has 4 aliphatic carbocycles. The number of fused-ring (bicyclic) bond motifs is 3. The van der Waals surface area contributed by atoms with Crippen molar-refractivity contribution in [3.63, 3.8) is 0 Å². The van der Waals surface area contributed by atoms with Gasteiger partial charge < -0.3 is 14.9 Å². The third-order valence-electron chi connectivity index (χ3n) is 10.6. The first kappa shape index (κ1) is 21.5. The molecule has 1 heterocycles. The van der Waals surface area contributed by atoms with E-state index in [2.05, 4.69) is 34.6 Å². The number of ether oxygens (including phenoxy) is 1. The lowest BCUT2D eigenvalue weighted by atomic mass is 9.49. The molecule has 30 heavy (non-hydrogen) atoms. The summed E-state index contributed by atoms with van der Waals surface area (Å²) >= 11 is 0. The van der Waals surface area contributed by atoms with E-state index in [0.717, 1.165) is 37.0 Å². The van der Waals surface area contributed by atoms with Crippen LogP contribution in [0.5, 0.6) is 0 Å². The van der Waals surface area contributed by atoms with E-state index in [4.69, 9.17) is 4.74 Å². The molecule has 0 aromatic carbocycles. The third-order valence-corrected chi connectivity index (χ3v) is 10.6. The minimum absolute atomic E-state index is 0.0216. The lowest BCUT2D eigenvalue weighted by Crippen LogP contribution is -2.55. The van der Waals surface area contributed by atoms with Gasteiger partial charge in [0.2, 0.25) is 0 Å². The highest BCUT2D eigenvalue weighted by atomic mass is 16.6. The highest BCUT2D eigenvalue weighted by Crippen LogP contribution is 2.72. The van der Waals surface area contributed by atoms with Gasteiger partial charge in [0.25, 0.3) is 0 Å². The Hall–Kier alpha value is -0.380. The monoisotopic (exact) mass is 416 g/mol. The van der Waals surface area contributed by atoms with Crippen molar-refractivity contribution in [2.24, 2.45) is 34.5 Å². The molecule has 3 nitrogen and oxygen atoms in total. The van der Waals surface area contributed by atoms with Crippen molar-refractivity contribution in [1.82, 2.24) is 0 Å². The van der Waals surface area contributed by atoms with Gasteiger partial charge in [-0.3, -0.25) is 0 Å². The SMILES string of the molecule is CC(C)CCC[C@@H](C)[C@@H]1CC[C@H]2C3=C(CC[C@@]21C)[C@@]1(C)CC[C@H](O)C[C@@]12O[C@H]2[C@H]3O. The summed E-state index contributed by atoms with van der Waals surface area (Å²) in [6.45, 7) is 12.1. The number of aliphatic hydroxyl groups is 2. The molecule has 9 atom stereocenters. The molecule has 0 aromatic heterocycles. The van der Waals surface area contributed by atoms with Crippen LogP contribution in [0, 0.1) is 34.5 Å². The molecule has 0 radical (unpaired) electrons. The number of rotatable bonds is 5. The van der Waals surface area contributed by atoms with E-state index in [-0.39, 0.29) is 23.2 Å². The summed E-state index contributed by atoms with van der Waals surface area (Å²) in [7, 11) is 0. The normalized spacial score (nSPS) is 50.6. The predicted octanol–water partition coefficient (Wildman–Crippen LogP) is 5.63. The molecule has 2 N–H and O–H groups in total. The lowest BCUT2D eigenvalue weighted by molar-refractivity contribution is -0.00158. The molecular weight excluding hydrogens is 372 g/mol. The molecule has 1 saturated heterocycles. The van der Waals surface area contributed by atoms with Gasteiger partial charge in [-0.2, -0.15) is 0 Å². The molecule has 1 spiro atoms. The first-order valence-electron chi connectivity index (χ1n) is 12.9. The van der Waals surface area contributed by atoms with Gasteiger partial charge in [-0.05, 0) is 73.2 Å². The largest absolute Gasteiger partial charge is 0.393 e. The second-order valence-corrected chi connectivity index (χ2v) is 12.6. The van der Waals surface area contributed by atoms with Crippen molar-refractivity contribution in [3.05, 3.63) is 11.1 Å². The third kappa shape index (κ3) is 2.80. The average Bonchev–Trinajstić information content (AvgIpc) is 3.29. The number of hydrogen-bond acceptors (Lipinski definition) is 3. The molecule has 3 fully saturated rings. The minimum Gasteiger partial charge on any atom is -0.393 e. The number of hydrogen-bond donors (Lipinski definition) is 2. The predicted molar refractivity (Wildman–Crippen MR) is 120 cm³/mol. The van der Waals surface area contributed by atoms with Crippen molar-refractivity contribution in [1.29, 1.82) is 0 Å². The van der Waals surface area contributed by atoms with E-state index >= 15 is 0 Å². The van der Waals surface area contributed by atoms with Crippen LogP contribution in [0.3, 0.4) is 0 Å². The Morgan fingerprint density at radius 1 is 1.03 bits per heavy atom. The zero-order valence-corrected chi connectivity index (χ0v) is 19.9. The van der Waals surface area contributed by atoms with Gasteiger partial charge in [0, 0.05) is 11.8 Å². The van der Waals surface area contributed by atoms with E-state index in [9.17, 15) is 10.2 Å². The van der Waals surface area contributed by atoms with Crippen LogP contribution in [0.2, 0.25) is 0 Å². The quantitative estimate of drug-likeness (QED) is 0.451. The van der Waals surface area contributed by atoms with Crippen LogP contribution in [0.25, 0.3) is 0 Å². The maximum atomic E-state index is 11.5. The summed E-state index contributed by atoms with van der Waals surface area (Å²) in [6, 6.07) is 0. The van der Waals surface area contributed by atoms with E-state index in [1.165, 1.54) is 49.7 Å². The first-order valence-corrected chi connectivity index (χ1v) is 12.9. The molecule has 1 aliphatic heterocycles. The van der Waals surface area contributed by atoms with Crippen molar-refractivity contribution < 1.29 is 14.9 Å². The van der Waals surface area contributed by atoms with E-state index in [0.29, 0.717) is 17.8 Å². The fourth-order valence-electron chi connectivity index (χ4n) is 8.88. The fourth-order valence-corrected chi connectivity index (χ4v) is 8.88. The summed E-state index contributed by atoms with van der Waals surface area (Å²) in [6.07, 6.45) is 10.8. The Morgan fingerprint density at radius 3 is 2.53 bits per heavy atom. The summed E-state index contributed by atoms with van der Waals surface area (Å²) in [5, 5.41) is 21.8. The first-order chi connectivity index (χ1) is 14.1. The van der Waals surface area contributed by atoms with Crippen LogP contribution in [0.1, 0.15) is 98.8 Å². The Balaban J connectivity index is 1.42. The van der Waals surface area contributed by atoms with Crippen molar-refractivity contribution >= 4 is 0 Å². The Morgan fingerprint density at radius 2 is 1.80 bits per heavy atom. The maximum absolute atomic E-state index is 11.5. The van der Waals surface area contributed by atoms with Crippen molar-refractivity contribution in [2.75, 3.05) is 0 Å². The highest BCUT2D eigenvalue weighted by Gasteiger charge is 2.76. The summed E-state index contributed by atoms with van der Waals surface area (Å²) < 4.78 is 6.33. The van der Waals surface area contributed by atoms with Crippen LogP contribution in [-0.2, 0) is 4.74 Å². The van der Waals surface area contributed by atoms with Gasteiger partial charge in [0.15, 0.2) is 0 Å². The Labute approximate surface area is 183 Å². The molecule has 0 amide bonds. The Kier molecular flexibility index (Phi) is 5.05. The molecule has 0 bridgehead atoms. The molecule has 0 unspecified atom stereocenters. The van der Waals surface area contributed by atoms with Crippen LogP contribution in [-0.4, -0.2) is 34.1 Å². The van der Waals surface area contributed by atoms with Crippen molar-refractivity contribution in [2.45, 2.75) is 123 Å². The molecule has 2 saturated carbocycles.